The predicted octanol–water partition coefficient (Wildman–Crippen LogP) is 4.61. The molecule has 5 nitrogen and oxygen atoms in total. The molecule has 3 aromatic carbocycles. The van der Waals surface area contributed by atoms with Crippen LogP contribution in [0, 0.1) is 10.1 Å². The van der Waals surface area contributed by atoms with Crippen LogP contribution in [0.5, 0.6) is 0 Å². The molecule has 27 heavy (non-hydrogen) atoms. The van der Waals surface area contributed by atoms with Gasteiger partial charge in [-0.2, -0.15) is 0 Å². The van der Waals surface area contributed by atoms with Gasteiger partial charge in [-0.05, 0) is 47.0 Å². The van der Waals surface area contributed by atoms with Crippen LogP contribution in [0.1, 0.15) is 11.1 Å². The summed E-state index contributed by atoms with van der Waals surface area (Å²) in [5.41, 5.74) is 4.60. The summed E-state index contributed by atoms with van der Waals surface area (Å²) in [5.74, 6) is 0. The highest BCUT2D eigenvalue weighted by atomic mass is 16.6. The predicted molar refractivity (Wildman–Crippen MR) is 107 cm³/mol. The maximum atomic E-state index is 11.6. The molecule has 0 atom stereocenters. The number of para-hydroxylation sites is 1. The minimum Gasteiger partial charge on any atom is -0.312 e. The van der Waals surface area contributed by atoms with Crippen molar-refractivity contribution in [3.63, 3.8) is 0 Å². The second-order valence-corrected chi connectivity index (χ2v) is 6.80. The summed E-state index contributed by atoms with van der Waals surface area (Å²) in [6, 6.07) is 19.3. The van der Waals surface area contributed by atoms with Crippen molar-refractivity contribution in [1.82, 2.24) is 10.3 Å². The molecular weight excluding hydrogens is 338 g/mol. The molecule has 2 heterocycles. The molecule has 0 spiro atoms. The Labute approximate surface area is 155 Å². The Morgan fingerprint density at radius 3 is 2.67 bits per heavy atom. The fraction of sp³-hybridized carbons (Fsp3) is 0.136. The Morgan fingerprint density at radius 1 is 0.963 bits per heavy atom. The van der Waals surface area contributed by atoms with E-state index in [9.17, 15) is 10.1 Å². The number of fused-ring (bicyclic) bond motifs is 5. The Morgan fingerprint density at radius 2 is 1.78 bits per heavy atom. The second kappa shape index (κ2) is 6.14. The highest BCUT2D eigenvalue weighted by Crippen LogP contribution is 2.38. The van der Waals surface area contributed by atoms with Gasteiger partial charge in [-0.15, -0.1) is 0 Å². The van der Waals surface area contributed by atoms with Crippen LogP contribution in [0.4, 0.5) is 5.69 Å². The summed E-state index contributed by atoms with van der Waals surface area (Å²) in [6.45, 7) is 1.56. The van der Waals surface area contributed by atoms with E-state index >= 15 is 0 Å². The fourth-order valence-corrected chi connectivity index (χ4v) is 4.10. The molecule has 1 aromatic heterocycles. The quantitative estimate of drug-likeness (QED) is 0.324. The molecule has 4 aromatic rings. The van der Waals surface area contributed by atoms with Crippen LogP contribution in [0.25, 0.3) is 32.9 Å². The Hall–Kier alpha value is -3.31. The van der Waals surface area contributed by atoms with Crippen LogP contribution >= 0.6 is 0 Å². The normalized spacial score (nSPS) is 13.6. The van der Waals surface area contributed by atoms with Gasteiger partial charge in [-0.3, -0.25) is 10.1 Å². The average molecular weight is 355 g/mol. The number of rotatable bonds is 2. The minimum absolute atomic E-state index is 0.0953. The van der Waals surface area contributed by atoms with Gasteiger partial charge in [-0.25, -0.2) is 4.98 Å². The number of pyridine rings is 1. The van der Waals surface area contributed by atoms with Crippen molar-refractivity contribution >= 4 is 27.4 Å². The SMILES string of the molecule is O=[N+]([O-])c1ccccc1-c1nc2ccc3ccccc3c2c2c1CNCC2. The first-order valence-corrected chi connectivity index (χ1v) is 9.02. The molecule has 0 saturated carbocycles. The summed E-state index contributed by atoms with van der Waals surface area (Å²) in [6.07, 6.45) is 0.885. The largest absolute Gasteiger partial charge is 0.312 e. The van der Waals surface area contributed by atoms with Crippen molar-refractivity contribution in [2.75, 3.05) is 6.54 Å². The molecule has 0 saturated heterocycles. The smallest absolute Gasteiger partial charge is 0.278 e. The third-order valence-corrected chi connectivity index (χ3v) is 5.30. The van der Waals surface area contributed by atoms with E-state index in [1.807, 2.05) is 24.3 Å². The minimum atomic E-state index is -0.329. The topological polar surface area (TPSA) is 68.1 Å². The lowest BCUT2D eigenvalue weighted by Gasteiger charge is -2.23. The van der Waals surface area contributed by atoms with Gasteiger partial charge in [-0.1, -0.05) is 42.5 Å². The maximum absolute atomic E-state index is 11.6. The first kappa shape index (κ1) is 15.9. The van der Waals surface area contributed by atoms with Crippen molar-refractivity contribution in [2.24, 2.45) is 0 Å². The molecule has 1 aliphatic rings. The molecular formula is C22H17N3O2. The van der Waals surface area contributed by atoms with Gasteiger partial charge in [0.05, 0.1) is 21.7 Å². The molecule has 0 fully saturated rings. The first-order valence-electron chi connectivity index (χ1n) is 9.02. The number of nitrogens with zero attached hydrogens (tertiary/aromatic N) is 2. The molecule has 132 valence electrons. The lowest BCUT2D eigenvalue weighted by Crippen LogP contribution is -2.25. The molecule has 5 rings (SSSR count). The molecule has 1 N–H and O–H groups in total. The van der Waals surface area contributed by atoms with Crippen LogP contribution in [0.3, 0.4) is 0 Å². The molecule has 0 radical (unpaired) electrons. The number of aromatic nitrogens is 1. The number of hydrogen-bond donors (Lipinski definition) is 1. The highest BCUT2D eigenvalue weighted by molar-refractivity contribution is 6.09. The van der Waals surface area contributed by atoms with Crippen molar-refractivity contribution in [3.8, 4) is 11.3 Å². The zero-order valence-corrected chi connectivity index (χ0v) is 14.6. The van der Waals surface area contributed by atoms with Gasteiger partial charge < -0.3 is 5.32 Å². The Balaban J connectivity index is 1.91. The van der Waals surface area contributed by atoms with E-state index < -0.39 is 0 Å². The highest BCUT2D eigenvalue weighted by Gasteiger charge is 2.24. The summed E-state index contributed by atoms with van der Waals surface area (Å²) in [5, 5.41) is 18.5. The van der Waals surface area contributed by atoms with E-state index in [0.29, 0.717) is 17.8 Å². The standard InChI is InChI=1S/C22H17N3O2/c26-25(27)20-8-4-3-7-17(20)22-18-13-23-12-11-16(18)21-15-6-2-1-5-14(15)9-10-19(21)24-22/h1-10,23H,11-13H2. The van der Waals surface area contributed by atoms with Gasteiger partial charge in [0.25, 0.3) is 5.69 Å². The molecule has 0 bridgehead atoms. The molecule has 1 aliphatic heterocycles. The summed E-state index contributed by atoms with van der Waals surface area (Å²) in [4.78, 5) is 16.1. The van der Waals surface area contributed by atoms with E-state index in [-0.39, 0.29) is 10.6 Å². The number of hydrogen-bond acceptors (Lipinski definition) is 4. The summed E-state index contributed by atoms with van der Waals surface area (Å²) in [7, 11) is 0. The van der Waals surface area contributed by atoms with Gasteiger partial charge >= 0.3 is 0 Å². The summed E-state index contributed by atoms with van der Waals surface area (Å²) < 4.78 is 0. The van der Waals surface area contributed by atoms with Crippen LogP contribution in [-0.2, 0) is 13.0 Å². The van der Waals surface area contributed by atoms with Crippen molar-refractivity contribution in [1.29, 1.82) is 0 Å². The van der Waals surface area contributed by atoms with Crippen LogP contribution in [0.2, 0.25) is 0 Å². The van der Waals surface area contributed by atoms with Crippen LogP contribution in [-0.4, -0.2) is 16.5 Å². The van der Waals surface area contributed by atoms with Crippen molar-refractivity contribution in [2.45, 2.75) is 13.0 Å². The maximum Gasteiger partial charge on any atom is 0.278 e. The van der Waals surface area contributed by atoms with Crippen molar-refractivity contribution in [3.05, 3.63) is 81.9 Å². The molecule has 0 amide bonds. The lowest BCUT2D eigenvalue weighted by atomic mass is 9.90. The van der Waals surface area contributed by atoms with Crippen LogP contribution < -0.4 is 5.32 Å². The molecule has 5 heteroatoms. The third kappa shape index (κ3) is 2.47. The van der Waals surface area contributed by atoms with Gasteiger partial charge in [0.1, 0.15) is 0 Å². The third-order valence-electron chi connectivity index (χ3n) is 5.30. The van der Waals surface area contributed by atoms with E-state index in [2.05, 4.69) is 23.5 Å². The van der Waals surface area contributed by atoms with Gasteiger partial charge in [0.2, 0.25) is 0 Å². The number of benzene rings is 3. The molecule has 0 unspecified atom stereocenters. The lowest BCUT2D eigenvalue weighted by molar-refractivity contribution is -0.384. The monoisotopic (exact) mass is 355 g/mol. The number of nitro groups is 1. The van der Waals surface area contributed by atoms with E-state index in [1.54, 1.807) is 18.2 Å². The zero-order chi connectivity index (χ0) is 18.4. The van der Waals surface area contributed by atoms with Crippen LogP contribution in [0.15, 0.2) is 60.7 Å². The second-order valence-electron chi connectivity index (χ2n) is 6.80. The van der Waals surface area contributed by atoms with E-state index in [0.717, 1.165) is 24.0 Å². The summed E-state index contributed by atoms with van der Waals surface area (Å²) >= 11 is 0. The number of nitro benzene ring substituents is 1. The average Bonchev–Trinajstić information content (AvgIpc) is 2.72. The zero-order valence-electron chi connectivity index (χ0n) is 14.6. The Kier molecular flexibility index (Phi) is 3.62. The first-order chi connectivity index (χ1) is 13.2. The van der Waals surface area contributed by atoms with E-state index in [4.69, 9.17) is 4.98 Å². The van der Waals surface area contributed by atoms with Gasteiger partial charge in [0.15, 0.2) is 0 Å². The van der Waals surface area contributed by atoms with Gasteiger partial charge in [0, 0.05) is 18.0 Å². The Bertz CT molecular complexity index is 1220. The van der Waals surface area contributed by atoms with Crippen molar-refractivity contribution < 1.29 is 4.92 Å². The fourth-order valence-electron chi connectivity index (χ4n) is 4.10. The van der Waals surface area contributed by atoms with E-state index in [1.165, 1.54) is 21.7 Å². The number of nitrogens with one attached hydrogen (secondary N) is 1. The molecule has 0 aliphatic carbocycles.